The summed E-state index contributed by atoms with van der Waals surface area (Å²) in [7, 11) is 0. The highest BCUT2D eigenvalue weighted by Crippen LogP contribution is 2.23. The van der Waals surface area contributed by atoms with Crippen molar-refractivity contribution in [2.24, 2.45) is 0 Å². The van der Waals surface area contributed by atoms with Crippen LogP contribution < -0.4 is 0 Å². The minimum Gasteiger partial charge on any atom is -0.479 e. The summed E-state index contributed by atoms with van der Waals surface area (Å²) in [6.45, 7) is 3.58. The van der Waals surface area contributed by atoms with E-state index < -0.39 is 61.3 Å². The number of aliphatic hydroxyl groups is 3. The van der Waals surface area contributed by atoms with Gasteiger partial charge in [-0.2, -0.15) is 0 Å². The number of carboxylic acids is 1. The molecule has 4 N–H and O–H groups in total. The Labute approximate surface area is 336 Å². The minimum atomic E-state index is -1.87. The van der Waals surface area contributed by atoms with Crippen LogP contribution in [0.3, 0.4) is 0 Å². The van der Waals surface area contributed by atoms with Crippen molar-refractivity contribution in [1.82, 2.24) is 0 Å². The predicted octanol–water partition coefficient (Wildman–Crippen LogP) is 8.53. The summed E-state index contributed by atoms with van der Waals surface area (Å²) >= 11 is 0. The molecule has 1 saturated heterocycles. The summed E-state index contributed by atoms with van der Waals surface area (Å²) in [4.78, 5) is 36.7. The van der Waals surface area contributed by atoms with E-state index in [1.807, 2.05) is 12.2 Å². The molecule has 11 heteroatoms. The van der Waals surface area contributed by atoms with Crippen molar-refractivity contribution in [3.63, 3.8) is 0 Å². The summed E-state index contributed by atoms with van der Waals surface area (Å²) in [6.07, 6.45) is 34.0. The van der Waals surface area contributed by atoms with Crippen LogP contribution in [0.1, 0.15) is 142 Å². The number of carboxylic acid groups (broad SMARTS) is 1. The molecule has 0 aromatic carbocycles. The van der Waals surface area contributed by atoms with Gasteiger partial charge in [-0.05, 0) is 70.6 Å². The molecule has 0 bridgehead atoms. The van der Waals surface area contributed by atoms with Crippen molar-refractivity contribution in [3.05, 3.63) is 72.9 Å². The standard InChI is InChI=1S/C45H72O11/c1-3-5-7-9-11-13-15-17-18-19-20-22-24-26-28-30-32-34-39(47)55-37(36-54-45-42(50)40(48)41(49)43(56-45)44(51)52)35-53-38(46)33-31-29-27-25-23-21-16-14-12-10-8-6-4-2/h6,8,11-14,17-18,21,23,27,29,37,40-43,45,48-50H,3-5,7,9-10,15-16,19-20,22,24-26,28,30-36H2,1-2H3,(H,51,52)/b8-6-,13-11-,14-12-,18-17-,23-21-,29-27-. The van der Waals surface area contributed by atoms with Crippen LogP contribution in [0.2, 0.25) is 0 Å². The molecule has 0 aromatic heterocycles. The highest BCUT2D eigenvalue weighted by molar-refractivity contribution is 5.73. The van der Waals surface area contributed by atoms with Gasteiger partial charge in [-0.1, -0.05) is 132 Å². The lowest BCUT2D eigenvalue weighted by atomic mass is 9.99. The molecule has 0 aromatic rings. The number of hydrogen-bond acceptors (Lipinski definition) is 10. The molecular formula is C45H72O11. The van der Waals surface area contributed by atoms with Crippen LogP contribution in [-0.4, -0.2) is 88.4 Å². The van der Waals surface area contributed by atoms with Crippen LogP contribution in [-0.2, 0) is 33.3 Å². The van der Waals surface area contributed by atoms with Gasteiger partial charge in [-0.15, -0.1) is 0 Å². The lowest BCUT2D eigenvalue weighted by Crippen LogP contribution is -2.60. The average molecular weight is 789 g/mol. The van der Waals surface area contributed by atoms with E-state index in [1.54, 1.807) is 0 Å². The number of ether oxygens (including phenoxy) is 4. The number of aliphatic carboxylic acids is 1. The van der Waals surface area contributed by atoms with Crippen molar-refractivity contribution < 1.29 is 53.8 Å². The maximum atomic E-state index is 12.7. The summed E-state index contributed by atoms with van der Waals surface area (Å²) in [5, 5.41) is 39.7. The Bertz CT molecular complexity index is 1200. The molecule has 318 valence electrons. The largest absolute Gasteiger partial charge is 0.479 e. The highest BCUT2D eigenvalue weighted by Gasteiger charge is 2.47. The lowest BCUT2D eigenvalue weighted by Gasteiger charge is -2.38. The van der Waals surface area contributed by atoms with Gasteiger partial charge in [0.25, 0.3) is 0 Å². The molecule has 1 aliphatic heterocycles. The second-order valence-electron chi connectivity index (χ2n) is 14.1. The van der Waals surface area contributed by atoms with Gasteiger partial charge in [-0.3, -0.25) is 9.59 Å². The highest BCUT2D eigenvalue weighted by atomic mass is 16.7. The monoisotopic (exact) mass is 789 g/mol. The molecule has 1 fully saturated rings. The molecule has 11 nitrogen and oxygen atoms in total. The minimum absolute atomic E-state index is 0.109. The van der Waals surface area contributed by atoms with Crippen molar-refractivity contribution >= 4 is 17.9 Å². The SMILES string of the molecule is CC/C=C\C/C=C\C/C=C\C/C=C\CCC(=O)OCC(COC1OC(C(=O)O)C(O)C(O)C1O)OC(=O)CCCCCCCCC/C=C\C/C=C\CCCCC. The average Bonchev–Trinajstić information content (AvgIpc) is 3.18. The second-order valence-corrected chi connectivity index (χ2v) is 14.1. The van der Waals surface area contributed by atoms with E-state index in [-0.39, 0.29) is 19.4 Å². The fourth-order valence-corrected chi connectivity index (χ4v) is 5.74. The Balaban J connectivity index is 2.45. The van der Waals surface area contributed by atoms with Crippen LogP contribution in [0.4, 0.5) is 0 Å². The van der Waals surface area contributed by atoms with Gasteiger partial charge in [0, 0.05) is 12.8 Å². The molecular weight excluding hydrogens is 716 g/mol. The van der Waals surface area contributed by atoms with E-state index in [0.29, 0.717) is 12.8 Å². The summed E-state index contributed by atoms with van der Waals surface area (Å²) in [5.41, 5.74) is 0. The zero-order valence-electron chi connectivity index (χ0n) is 34.1. The molecule has 0 aliphatic carbocycles. The van der Waals surface area contributed by atoms with Gasteiger partial charge in [0.2, 0.25) is 0 Å². The lowest BCUT2D eigenvalue weighted by molar-refractivity contribution is -0.298. The van der Waals surface area contributed by atoms with Gasteiger partial charge >= 0.3 is 17.9 Å². The zero-order valence-corrected chi connectivity index (χ0v) is 34.1. The third kappa shape index (κ3) is 26.5. The summed E-state index contributed by atoms with van der Waals surface area (Å²) in [6, 6.07) is 0. The Morgan fingerprint density at radius 1 is 0.571 bits per heavy atom. The first-order valence-electron chi connectivity index (χ1n) is 21.0. The molecule has 1 heterocycles. The summed E-state index contributed by atoms with van der Waals surface area (Å²) < 4.78 is 21.6. The van der Waals surface area contributed by atoms with Crippen LogP contribution in [0, 0.1) is 0 Å². The Kier molecular flexibility index (Phi) is 31.5. The molecule has 6 atom stereocenters. The van der Waals surface area contributed by atoms with Crippen molar-refractivity contribution in [2.75, 3.05) is 13.2 Å². The third-order valence-electron chi connectivity index (χ3n) is 9.05. The first-order valence-corrected chi connectivity index (χ1v) is 21.0. The van der Waals surface area contributed by atoms with Crippen LogP contribution >= 0.6 is 0 Å². The second kappa shape index (κ2) is 34.9. The van der Waals surface area contributed by atoms with Crippen LogP contribution in [0.25, 0.3) is 0 Å². The van der Waals surface area contributed by atoms with E-state index in [0.717, 1.165) is 64.2 Å². The molecule has 0 amide bonds. The Morgan fingerprint density at radius 2 is 1.09 bits per heavy atom. The number of rotatable bonds is 33. The van der Waals surface area contributed by atoms with Gasteiger partial charge in [0.1, 0.15) is 24.9 Å². The molecule has 0 spiro atoms. The Morgan fingerprint density at radius 3 is 1.66 bits per heavy atom. The molecule has 0 saturated carbocycles. The number of aliphatic hydroxyl groups excluding tert-OH is 3. The van der Waals surface area contributed by atoms with Crippen molar-refractivity contribution in [3.8, 4) is 0 Å². The van der Waals surface area contributed by atoms with Crippen LogP contribution in [0.5, 0.6) is 0 Å². The number of carbonyl (C=O) groups excluding carboxylic acids is 2. The first kappa shape index (κ1) is 50.7. The number of allylic oxidation sites excluding steroid dienone is 12. The van der Waals surface area contributed by atoms with E-state index in [4.69, 9.17) is 18.9 Å². The number of unbranched alkanes of at least 4 members (excludes halogenated alkanes) is 10. The number of carbonyl (C=O) groups is 3. The molecule has 56 heavy (non-hydrogen) atoms. The maximum Gasteiger partial charge on any atom is 0.335 e. The van der Waals surface area contributed by atoms with E-state index in [2.05, 4.69) is 74.6 Å². The molecule has 0 radical (unpaired) electrons. The smallest absolute Gasteiger partial charge is 0.335 e. The summed E-state index contributed by atoms with van der Waals surface area (Å²) in [5.74, 6) is -2.57. The first-order chi connectivity index (χ1) is 27.2. The third-order valence-corrected chi connectivity index (χ3v) is 9.05. The molecule has 1 aliphatic rings. The quantitative estimate of drug-likeness (QED) is 0.0286. The zero-order chi connectivity index (χ0) is 41.1. The predicted molar refractivity (Wildman–Crippen MR) is 220 cm³/mol. The fraction of sp³-hybridized carbons (Fsp3) is 0.667. The normalized spacial score (nSPS) is 21.1. The fourth-order valence-electron chi connectivity index (χ4n) is 5.74. The molecule has 6 unspecified atom stereocenters. The van der Waals surface area contributed by atoms with Gasteiger partial charge in [0.05, 0.1) is 6.61 Å². The van der Waals surface area contributed by atoms with E-state index in [9.17, 15) is 34.8 Å². The van der Waals surface area contributed by atoms with Crippen molar-refractivity contribution in [1.29, 1.82) is 0 Å². The van der Waals surface area contributed by atoms with E-state index >= 15 is 0 Å². The maximum absolute atomic E-state index is 12.7. The van der Waals surface area contributed by atoms with E-state index in [1.165, 1.54) is 38.5 Å². The topological polar surface area (TPSA) is 169 Å². The van der Waals surface area contributed by atoms with Gasteiger partial charge in [-0.25, -0.2) is 4.79 Å². The number of esters is 2. The van der Waals surface area contributed by atoms with Gasteiger partial charge in [0.15, 0.2) is 18.5 Å². The van der Waals surface area contributed by atoms with Crippen molar-refractivity contribution in [2.45, 2.75) is 179 Å². The van der Waals surface area contributed by atoms with Crippen LogP contribution in [0.15, 0.2) is 72.9 Å². The Hall–Kier alpha value is -3.35. The number of hydrogen-bond donors (Lipinski definition) is 4. The molecule has 1 rings (SSSR count). The van der Waals surface area contributed by atoms with Gasteiger partial charge < -0.3 is 39.4 Å².